The molecule has 2 N–H and O–H groups in total. The van der Waals surface area contributed by atoms with Gasteiger partial charge in [-0.2, -0.15) is 0 Å². The molecule has 2 saturated carbocycles. The summed E-state index contributed by atoms with van der Waals surface area (Å²) in [6.45, 7) is 2.23. The molecule has 90 valence electrons. The molecule has 0 aromatic carbocycles. The number of anilines is 2. The number of nitrogen functional groups attached to an aromatic ring is 1. The molecular formula is C12H15ClN4. The van der Waals surface area contributed by atoms with Crippen LogP contribution in [0.3, 0.4) is 0 Å². The van der Waals surface area contributed by atoms with Crippen molar-refractivity contribution in [1.29, 1.82) is 0 Å². The lowest BCUT2D eigenvalue weighted by Crippen LogP contribution is -2.62. The maximum absolute atomic E-state index is 5.91. The van der Waals surface area contributed by atoms with E-state index in [0.29, 0.717) is 11.0 Å². The molecule has 1 aliphatic heterocycles. The van der Waals surface area contributed by atoms with Crippen molar-refractivity contribution in [1.82, 2.24) is 10.2 Å². The first-order valence-electron chi connectivity index (χ1n) is 6.26. The molecule has 0 amide bonds. The highest BCUT2D eigenvalue weighted by atomic mass is 35.5. The predicted molar refractivity (Wildman–Crippen MR) is 66.9 cm³/mol. The molecule has 5 heteroatoms. The quantitative estimate of drug-likeness (QED) is 0.826. The minimum absolute atomic E-state index is 0.427. The number of halogens is 1. The molecule has 4 nitrogen and oxygen atoms in total. The van der Waals surface area contributed by atoms with E-state index in [1.165, 1.54) is 12.8 Å². The summed E-state index contributed by atoms with van der Waals surface area (Å²) in [6.07, 6.45) is 2.81. The number of rotatable bonds is 1. The van der Waals surface area contributed by atoms with Crippen LogP contribution in [-0.2, 0) is 0 Å². The maximum Gasteiger partial charge on any atom is 0.169 e. The summed E-state index contributed by atoms with van der Waals surface area (Å²) < 4.78 is 0. The molecule has 0 radical (unpaired) electrons. The van der Waals surface area contributed by atoms with Gasteiger partial charge in [-0.15, -0.1) is 10.2 Å². The zero-order chi connectivity index (χ0) is 11.6. The SMILES string of the molecule is Nc1nnc(Cl)cc1N1C[C@H]2CC3C[C@@H](C1)C32. The molecule has 2 unspecified atom stereocenters. The van der Waals surface area contributed by atoms with Crippen LogP contribution in [0, 0.1) is 23.7 Å². The van der Waals surface area contributed by atoms with Crippen LogP contribution in [0.25, 0.3) is 0 Å². The first kappa shape index (κ1) is 9.95. The van der Waals surface area contributed by atoms with E-state index >= 15 is 0 Å². The summed E-state index contributed by atoms with van der Waals surface area (Å²) in [7, 11) is 0. The largest absolute Gasteiger partial charge is 0.380 e. The minimum Gasteiger partial charge on any atom is -0.380 e. The molecule has 3 aliphatic rings. The monoisotopic (exact) mass is 250 g/mol. The topological polar surface area (TPSA) is 55.0 Å². The van der Waals surface area contributed by atoms with E-state index < -0.39 is 0 Å². The van der Waals surface area contributed by atoms with Gasteiger partial charge in [0, 0.05) is 19.2 Å². The number of hydrogen-bond donors (Lipinski definition) is 1. The average molecular weight is 251 g/mol. The van der Waals surface area contributed by atoms with Crippen molar-refractivity contribution in [3.8, 4) is 0 Å². The summed E-state index contributed by atoms with van der Waals surface area (Å²) in [5.41, 5.74) is 6.87. The van der Waals surface area contributed by atoms with Crippen molar-refractivity contribution in [2.24, 2.45) is 23.7 Å². The van der Waals surface area contributed by atoms with Crippen LogP contribution in [0.15, 0.2) is 6.07 Å². The number of hydrogen-bond acceptors (Lipinski definition) is 4. The van der Waals surface area contributed by atoms with E-state index in [-0.39, 0.29) is 0 Å². The Morgan fingerprint density at radius 1 is 1.18 bits per heavy atom. The van der Waals surface area contributed by atoms with Crippen molar-refractivity contribution >= 4 is 23.1 Å². The van der Waals surface area contributed by atoms with E-state index in [1.807, 2.05) is 6.07 Å². The molecule has 1 saturated heterocycles. The molecule has 0 bridgehead atoms. The predicted octanol–water partition coefficient (Wildman–Crippen LogP) is 1.80. The summed E-state index contributed by atoms with van der Waals surface area (Å²) in [5, 5.41) is 8.11. The van der Waals surface area contributed by atoms with Gasteiger partial charge in [0.2, 0.25) is 0 Å². The molecule has 4 atom stereocenters. The molecule has 2 aliphatic carbocycles. The van der Waals surface area contributed by atoms with E-state index in [2.05, 4.69) is 15.1 Å². The normalized spacial score (nSPS) is 38.1. The first-order valence-corrected chi connectivity index (χ1v) is 6.64. The lowest BCUT2D eigenvalue weighted by molar-refractivity contribution is -0.0993. The molecule has 3 fully saturated rings. The molecular weight excluding hydrogens is 236 g/mol. The summed E-state index contributed by atoms with van der Waals surface area (Å²) in [4.78, 5) is 2.36. The van der Waals surface area contributed by atoms with Gasteiger partial charge in [-0.1, -0.05) is 11.6 Å². The van der Waals surface area contributed by atoms with E-state index in [1.54, 1.807) is 0 Å². The van der Waals surface area contributed by atoms with Gasteiger partial charge in [0.1, 0.15) is 0 Å². The number of piperidine rings is 1. The van der Waals surface area contributed by atoms with Crippen molar-refractivity contribution in [3.05, 3.63) is 11.2 Å². The Morgan fingerprint density at radius 3 is 2.53 bits per heavy atom. The Hall–Kier alpha value is -1.03. The van der Waals surface area contributed by atoms with Crippen molar-refractivity contribution in [2.45, 2.75) is 12.8 Å². The van der Waals surface area contributed by atoms with Crippen LogP contribution in [0.5, 0.6) is 0 Å². The first-order chi connectivity index (χ1) is 8.22. The molecule has 0 spiro atoms. The van der Waals surface area contributed by atoms with Crippen LogP contribution in [0.4, 0.5) is 11.5 Å². The van der Waals surface area contributed by atoms with E-state index in [9.17, 15) is 0 Å². The van der Waals surface area contributed by atoms with Gasteiger partial charge in [0.05, 0.1) is 5.69 Å². The minimum atomic E-state index is 0.427. The highest BCUT2D eigenvalue weighted by Crippen LogP contribution is 2.60. The van der Waals surface area contributed by atoms with Crippen molar-refractivity contribution in [2.75, 3.05) is 23.7 Å². The maximum atomic E-state index is 5.91. The number of aromatic nitrogens is 2. The molecule has 17 heavy (non-hydrogen) atoms. The summed E-state index contributed by atoms with van der Waals surface area (Å²) in [6, 6.07) is 1.85. The Morgan fingerprint density at radius 2 is 1.88 bits per heavy atom. The Labute approximate surface area is 105 Å². The fraction of sp³-hybridized carbons (Fsp3) is 0.667. The van der Waals surface area contributed by atoms with Crippen molar-refractivity contribution < 1.29 is 0 Å². The number of nitrogens with zero attached hydrogens (tertiary/aromatic N) is 3. The Kier molecular flexibility index (Phi) is 1.90. The van der Waals surface area contributed by atoms with Crippen LogP contribution in [0.1, 0.15) is 12.8 Å². The lowest BCUT2D eigenvalue weighted by atomic mass is 9.46. The fourth-order valence-corrected chi connectivity index (χ4v) is 4.26. The summed E-state index contributed by atoms with van der Waals surface area (Å²) in [5.74, 6) is 4.31. The van der Waals surface area contributed by atoms with Gasteiger partial charge in [-0.05, 0) is 36.5 Å². The molecule has 4 rings (SSSR count). The third-order valence-electron chi connectivity index (χ3n) is 4.87. The van der Waals surface area contributed by atoms with Gasteiger partial charge in [0.15, 0.2) is 11.0 Å². The second-order valence-corrected chi connectivity index (χ2v) is 6.06. The second-order valence-electron chi connectivity index (χ2n) is 5.67. The highest BCUT2D eigenvalue weighted by Gasteiger charge is 2.56. The van der Waals surface area contributed by atoms with Crippen molar-refractivity contribution in [3.63, 3.8) is 0 Å². The Bertz CT molecular complexity index is 462. The van der Waals surface area contributed by atoms with Crippen LogP contribution in [-0.4, -0.2) is 23.3 Å². The molecule has 1 aromatic heterocycles. The van der Waals surface area contributed by atoms with Gasteiger partial charge in [-0.3, -0.25) is 0 Å². The molecule has 1 aromatic rings. The van der Waals surface area contributed by atoms with E-state index in [0.717, 1.165) is 42.4 Å². The highest BCUT2D eigenvalue weighted by molar-refractivity contribution is 6.29. The summed E-state index contributed by atoms with van der Waals surface area (Å²) >= 11 is 5.91. The van der Waals surface area contributed by atoms with Gasteiger partial charge in [0.25, 0.3) is 0 Å². The zero-order valence-corrected chi connectivity index (χ0v) is 10.3. The van der Waals surface area contributed by atoms with Gasteiger partial charge >= 0.3 is 0 Å². The average Bonchev–Trinajstić information content (AvgIpc) is 2.24. The van der Waals surface area contributed by atoms with Gasteiger partial charge in [-0.25, -0.2) is 0 Å². The lowest BCUT2D eigenvalue weighted by Gasteiger charge is -2.64. The zero-order valence-electron chi connectivity index (χ0n) is 9.51. The molecule has 2 heterocycles. The second kappa shape index (κ2) is 3.25. The third-order valence-corrected chi connectivity index (χ3v) is 5.05. The van der Waals surface area contributed by atoms with Crippen LogP contribution >= 0.6 is 11.6 Å². The number of nitrogens with two attached hydrogens (primary N) is 1. The van der Waals surface area contributed by atoms with E-state index in [4.69, 9.17) is 17.3 Å². The van der Waals surface area contributed by atoms with Crippen LogP contribution in [0.2, 0.25) is 5.15 Å². The smallest absolute Gasteiger partial charge is 0.169 e. The van der Waals surface area contributed by atoms with Gasteiger partial charge < -0.3 is 10.6 Å². The Balaban J connectivity index is 1.64. The standard InChI is InChI=1S/C12H15ClN4/c13-10-3-9(12(14)16-15-10)17-4-7-1-6-2-8(5-17)11(6)7/h3,6-8,11H,1-2,4-5H2,(H2,14,16)/t6?,7-,8+,11?. The fourth-order valence-electron chi connectivity index (χ4n) is 4.12. The van der Waals surface area contributed by atoms with Crippen LogP contribution < -0.4 is 10.6 Å². The third kappa shape index (κ3) is 1.30.